The second kappa shape index (κ2) is 2.64. The molecule has 0 bridgehead atoms. The van der Waals surface area contributed by atoms with Crippen LogP contribution >= 0.6 is 34.2 Å². The maximum atomic E-state index is 5.47. The van der Waals surface area contributed by atoms with Crippen molar-refractivity contribution in [1.82, 2.24) is 4.98 Å². The van der Waals surface area contributed by atoms with Crippen LogP contribution in [0.4, 0.5) is 0 Å². The van der Waals surface area contributed by atoms with E-state index in [9.17, 15) is 0 Å². The normalized spacial score (nSPS) is 9.25. The summed E-state index contributed by atoms with van der Waals surface area (Å²) >= 11 is 7.56. The van der Waals surface area contributed by atoms with Crippen LogP contribution in [0.2, 0.25) is 5.15 Å². The molecule has 0 aliphatic heterocycles. The maximum absolute atomic E-state index is 5.47. The minimum atomic E-state index is 0.428. The highest BCUT2D eigenvalue weighted by Gasteiger charge is 1.86. The fourth-order valence-corrected chi connectivity index (χ4v) is 1.06. The zero-order valence-corrected chi connectivity index (χ0v) is 6.77. The molecule has 0 aliphatic carbocycles. The van der Waals surface area contributed by atoms with Gasteiger partial charge in [-0.2, -0.15) is 0 Å². The van der Waals surface area contributed by atoms with Gasteiger partial charge in [-0.05, 0) is 34.7 Å². The molecule has 0 saturated heterocycles. The zero-order valence-electron chi connectivity index (χ0n) is 3.86. The molecule has 1 nitrogen and oxygen atoms in total. The SMILES string of the molecule is Clc1[c]ccc(I)n1. The molecule has 1 radical (unpaired) electrons. The van der Waals surface area contributed by atoms with Gasteiger partial charge in [-0.15, -0.1) is 0 Å². The lowest BCUT2D eigenvalue weighted by molar-refractivity contribution is 1.27. The summed E-state index contributed by atoms with van der Waals surface area (Å²) in [6.07, 6.45) is 0. The van der Waals surface area contributed by atoms with Gasteiger partial charge in [0.2, 0.25) is 0 Å². The Labute approximate surface area is 66.2 Å². The third-order valence-corrected chi connectivity index (χ3v) is 1.42. The summed E-state index contributed by atoms with van der Waals surface area (Å²) < 4.78 is 0.895. The molecule has 0 spiro atoms. The molecule has 1 rings (SSSR count). The molecule has 0 atom stereocenters. The first kappa shape index (κ1) is 6.29. The Balaban J connectivity index is 3.08. The van der Waals surface area contributed by atoms with Crippen molar-refractivity contribution in [2.75, 3.05) is 0 Å². The number of pyridine rings is 1. The summed E-state index contributed by atoms with van der Waals surface area (Å²) in [5.74, 6) is 0. The van der Waals surface area contributed by atoms with E-state index in [0.717, 1.165) is 3.70 Å². The molecule has 0 unspecified atom stereocenters. The number of aromatic nitrogens is 1. The van der Waals surface area contributed by atoms with E-state index in [1.807, 2.05) is 6.07 Å². The summed E-state index contributed by atoms with van der Waals surface area (Å²) in [6.45, 7) is 0. The molecule has 1 heterocycles. The molecule has 0 aliphatic rings. The van der Waals surface area contributed by atoms with Gasteiger partial charge in [-0.3, -0.25) is 0 Å². The van der Waals surface area contributed by atoms with E-state index in [2.05, 4.69) is 33.6 Å². The second-order valence-electron chi connectivity index (χ2n) is 1.20. The summed E-state index contributed by atoms with van der Waals surface area (Å²) in [5, 5.41) is 0.428. The maximum Gasteiger partial charge on any atom is 0.138 e. The van der Waals surface area contributed by atoms with Crippen LogP contribution in [-0.4, -0.2) is 4.98 Å². The summed E-state index contributed by atoms with van der Waals surface area (Å²) in [7, 11) is 0. The topological polar surface area (TPSA) is 12.9 Å². The van der Waals surface area contributed by atoms with Crippen LogP contribution < -0.4 is 0 Å². The molecular weight excluding hydrogens is 236 g/mol. The number of hydrogen-bond acceptors (Lipinski definition) is 1. The molecule has 0 saturated carbocycles. The van der Waals surface area contributed by atoms with E-state index >= 15 is 0 Å². The predicted molar refractivity (Wildman–Crippen MR) is 40.8 cm³/mol. The number of nitrogens with zero attached hydrogens (tertiary/aromatic N) is 1. The van der Waals surface area contributed by atoms with Gasteiger partial charge in [0.15, 0.2) is 0 Å². The average Bonchev–Trinajstić information content (AvgIpc) is 1.64. The molecule has 0 fully saturated rings. The standard InChI is InChI=1S/C5H2ClIN/c6-4-2-1-3-5(7)8-4/h1,3H. The summed E-state index contributed by atoms with van der Waals surface area (Å²) in [4.78, 5) is 3.87. The Bertz CT molecular complexity index is 172. The lowest BCUT2D eigenvalue weighted by Gasteiger charge is -1.85. The third-order valence-electron chi connectivity index (χ3n) is 0.628. The van der Waals surface area contributed by atoms with Crippen LogP contribution in [0.25, 0.3) is 0 Å². The number of halogens is 2. The van der Waals surface area contributed by atoms with Crippen molar-refractivity contribution >= 4 is 34.2 Å². The van der Waals surface area contributed by atoms with Gasteiger partial charge in [0.1, 0.15) is 8.85 Å². The minimum Gasteiger partial charge on any atom is -0.230 e. The zero-order chi connectivity index (χ0) is 5.98. The van der Waals surface area contributed by atoms with Gasteiger partial charge in [0.05, 0.1) is 0 Å². The highest BCUT2D eigenvalue weighted by atomic mass is 127. The fraction of sp³-hybridized carbons (Fsp3) is 0. The first-order valence-corrected chi connectivity index (χ1v) is 3.44. The molecule has 0 amide bonds. The van der Waals surface area contributed by atoms with Crippen LogP contribution in [-0.2, 0) is 0 Å². The second-order valence-corrected chi connectivity index (χ2v) is 2.67. The Morgan fingerprint density at radius 1 is 1.75 bits per heavy atom. The van der Waals surface area contributed by atoms with Crippen molar-refractivity contribution in [3.63, 3.8) is 0 Å². The monoisotopic (exact) mass is 238 g/mol. The van der Waals surface area contributed by atoms with Gasteiger partial charge in [-0.25, -0.2) is 4.98 Å². The van der Waals surface area contributed by atoms with E-state index in [4.69, 9.17) is 11.6 Å². The Morgan fingerprint density at radius 2 is 2.50 bits per heavy atom. The van der Waals surface area contributed by atoms with Crippen molar-refractivity contribution in [2.45, 2.75) is 0 Å². The molecule has 1 aromatic rings. The van der Waals surface area contributed by atoms with E-state index in [0.29, 0.717) is 5.15 Å². The first-order chi connectivity index (χ1) is 3.79. The lowest BCUT2D eigenvalue weighted by atomic mass is 10.5. The van der Waals surface area contributed by atoms with Crippen LogP contribution in [0.15, 0.2) is 12.1 Å². The van der Waals surface area contributed by atoms with Crippen molar-refractivity contribution in [2.24, 2.45) is 0 Å². The van der Waals surface area contributed by atoms with E-state index in [-0.39, 0.29) is 0 Å². The third kappa shape index (κ3) is 1.59. The van der Waals surface area contributed by atoms with Gasteiger partial charge in [0, 0.05) is 6.07 Å². The van der Waals surface area contributed by atoms with E-state index in [1.54, 1.807) is 6.07 Å². The highest BCUT2D eigenvalue weighted by Crippen LogP contribution is 2.05. The minimum absolute atomic E-state index is 0.428. The van der Waals surface area contributed by atoms with Crippen molar-refractivity contribution in [3.8, 4) is 0 Å². The predicted octanol–water partition coefficient (Wildman–Crippen LogP) is 2.14. The van der Waals surface area contributed by atoms with Crippen LogP contribution in [0.1, 0.15) is 0 Å². The van der Waals surface area contributed by atoms with Crippen molar-refractivity contribution in [1.29, 1.82) is 0 Å². The van der Waals surface area contributed by atoms with Crippen LogP contribution in [0, 0.1) is 9.77 Å². The van der Waals surface area contributed by atoms with Gasteiger partial charge in [0.25, 0.3) is 0 Å². The average molecular weight is 238 g/mol. The molecule has 3 heteroatoms. The Kier molecular flexibility index (Phi) is 2.08. The highest BCUT2D eigenvalue weighted by molar-refractivity contribution is 14.1. The van der Waals surface area contributed by atoms with Crippen LogP contribution in [0.5, 0.6) is 0 Å². The van der Waals surface area contributed by atoms with Gasteiger partial charge in [-0.1, -0.05) is 11.6 Å². The van der Waals surface area contributed by atoms with E-state index in [1.165, 1.54) is 0 Å². The molecular formula is C5H2ClIN. The quantitative estimate of drug-likeness (QED) is 0.498. The lowest BCUT2D eigenvalue weighted by Crippen LogP contribution is -1.76. The molecule has 1 aromatic heterocycles. The molecule has 8 heavy (non-hydrogen) atoms. The molecule has 0 aromatic carbocycles. The van der Waals surface area contributed by atoms with Gasteiger partial charge >= 0.3 is 0 Å². The smallest absolute Gasteiger partial charge is 0.138 e. The molecule has 41 valence electrons. The Morgan fingerprint density at radius 3 is 2.88 bits per heavy atom. The first-order valence-electron chi connectivity index (χ1n) is 1.99. The Hall–Kier alpha value is 0.170. The van der Waals surface area contributed by atoms with Crippen molar-refractivity contribution < 1.29 is 0 Å². The number of hydrogen-bond donors (Lipinski definition) is 0. The summed E-state index contributed by atoms with van der Waals surface area (Å²) in [5.41, 5.74) is 0. The van der Waals surface area contributed by atoms with E-state index < -0.39 is 0 Å². The largest absolute Gasteiger partial charge is 0.230 e. The molecule has 0 N–H and O–H groups in total. The van der Waals surface area contributed by atoms with Gasteiger partial charge < -0.3 is 0 Å². The van der Waals surface area contributed by atoms with Crippen molar-refractivity contribution in [3.05, 3.63) is 27.1 Å². The summed E-state index contributed by atoms with van der Waals surface area (Å²) in [6, 6.07) is 6.31. The van der Waals surface area contributed by atoms with Crippen LogP contribution in [0.3, 0.4) is 0 Å². The number of rotatable bonds is 0. The fourth-order valence-electron chi connectivity index (χ4n) is 0.343.